The Morgan fingerprint density at radius 1 is 1.56 bits per heavy atom. The van der Waals surface area contributed by atoms with E-state index < -0.39 is 14.3 Å². The van der Waals surface area contributed by atoms with Crippen LogP contribution in [0.15, 0.2) is 16.9 Å². The fraction of sp³-hybridized carbons (Fsp3) is 0.400. The van der Waals surface area contributed by atoms with Crippen molar-refractivity contribution in [2.75, 3.05) is 11.4 Å². The molecular formula is C10H10BrClN2O3S. The molecule has 0 aliphatic carbocycles. The van der Waals surface area contributed by atoms with Gasteiger partial charge in [-0.15, -0.1) is 0 Å². The van der Waals surface area contributed by atoms with Crippen molar-refractivity contribution in [3.63, 3.8) is 0 Å². The number of carbonyl (C=O) groups is 1. The van der Waals surface area contributed by atoms with Gasteiger partial charge in [-0.05, 0) is 34.5 Å². The van der Waals surface area contributed by atoms with Gasteiger partial charge in [-0.25, -0.2) is 13.4 Å². The van der Waals surface area contributed by atoms with Crippen molar-refractivity contribution in [1.82, 2.24) is 4.98 Å². The van der Waals surface area contributed by atoms with Gasteiger partial charge in [-0.3, -0.25) is 4.79 Å². The molecular weight excluding hydrogens is 344 g/mol. The molecule has 0 aromatic carbocycles. The molecule has 1 unspecified atom stereocenters. The smallest absolute Gasteiger partial charge is 0.237 e. The molecule has 1 aromatic heterocycles. The van der Waals surface area contributed by atoms with Crippen LogP contribution in [0.4, 0.5) is 5.69 Å². The van der Waals surface area contributed by atoms with Crippen LogP contribution in [-0.4, -0.2) is 31.1 Å². The zero-order chi connectivity index (χ0) is 13.5. The summed E-state index contributed by atoms with van der Waals surface area (Å²) in [5.41, 5.74) is 1.46. The van der Waals surface area contributed by atoms with Crippen LogP contribution in [-0.2, 0) is 13.8 Å². The Balaban J connectivity index is 2.35. The monoisotopic (exact) mass is 352 g/mol. The highest BCUT2D eigenvalue weighted by Gasteiger charge is 2.38. The third kappa shape index (κ3) is 2.67. The number of hydrogen-bond donors (Lipinski definition) is 0. The normalized spacial score (nSPS) is 20.5. The average Bonchev–Trinajstić information content (AvgIpc) is 2.64. The number of halogens is 2. The first-order valence-corrected chi connectivity index (χ1v) is 8.31. The Bertz CT molecular complexity index is 605. The SMILES string of the molecule is Cc1cnc(Br)c(N2CC(S(=O)(=O)Cl)CC2=O)c1. The molecule has 2 rings (SSSR count). The number of rotatable bonds is 2. The standard InChI is InChI=1S/C10H10BrClN2O3S/c1-6-2-8(10(11)13-4-6)14-5-7(3-9(14)15)18(12,16)17/h2,4,7H,3,5H2,1H3. The first kappa shape index (κ1) is 13.8. The van der Waals surface area contributed by atoms with E-state index in [2.05, 4.69) is 20.9 Å². The molecule has 1 atom stereocenters. The fourth-order valence-corrected chi connectivity index (χ4v) is 3.28. The molecule has 0 saturated carbocycles. The van der Waals surface area contributed by atoms with Crippen molar-refractivity contribution < 1.29 is 13.2 Å². The van der Waals surface area contributed by atoms with Crippen LogP contribution in [0.2, 0.25) is 0 Å². The second kappa shape index (κ2) is 4.79. The lowest BCUT2D eigenvalue weighted by atomic mass is 10.3. The van der Waals surface area contributed by atoms with Crippen LogP contribution < -0.4 is 4.90 Å². The average molecular weight is 354 g/mol. The van der Waals surface area contributed by atoms with E-state index in [1.807, 2.05) is 6.92 Å². The molecule has 98 valence electrons. The molecule has 0 bridgehead atoms. The van der Waals surface area contributed by atoms with Crippen LogP contribution in [0, 0.1) is 6.92 Å². The first-order valence-electron chi connectivity index (χ1n) is 5.15. The summed E-state index contributed by atoms with van der Waals surface area (Å²) in [4.78, 5) is 17.3. The van der Waals surface area contributed by atoms with Crippen molar-refractivity contribution in [2.45, 2.75) is 18.6 Å². The van der Waals surface area contributed by atoms with Gasteiger partial charge >= 0.3 is 0 Å². The summed E-state index contributed by atoms with van der Waals surface area (Å²) in [6.45, 7) is 1.91. The molecule has 0 radical (unpaired) electrons. The fourth-order valence-electron chi connectivity index (χ4n) is 1.82. The molecule has 1 fully saturated rings. The van der Waals surface area contributed by atoms with Crippen molar-refractivity contribution in [3.8, 4) is 0 Å². The minimum atomic E-state index is -3.73. The molecule has 8 heteroatoms. The predicted octanol–water partition coefficient (Wildman–Crippen LogP) is 1.83. The van der Waals surface area contributed by atoms with Crippen LogP contribution in [0.1, 0.15) is 12.0 Å². The summed E-state index contributed by atoms with van der Waals surface area (Å²) in [5.74, 6) is -0.266. The second-order valence-corrected chi connectivity index (χ2v) is 7.79. The van der Waals surface area contributed by atoms with Crippen molar-refractivity contribution in [1.29, 1.82) is 0 Å². The summed E-state index contributed by atoms with van der Waals surface area (Å²) in [6.07, 6.45) is 1.57. The molecule has 1 saturated heterocycles. The zero-order valence-corrected chi connectivity index (χ0v) is 12.6. The highest BCUT2D eigenvalue weighted by atomic mass is 79.9. The van der Waals surface area contributed by atoms with Crippen LogP contribution in [0.25, 0.3) is 0 Å². The largest absolute Gasteiger partial charge is 0.308 e. The van der Waals surface area contributed by atoms with Crippen LogP contribution >= 0.6 is 26.6 Å². The number of aryl methyl sites for hydroxylation is 1. The summed E-state index contributed by atoms with van der Waals surface area (Å²) >= 11 is 3.25. The van der Waals surface area contributed by atoms with Gasteiger partial charge in [0.25, 0.3) is 0 Å². The van der Waals surface area contributed by atoms with Gasteiger partial charge in [0.05, 0.1) is 5.69 Å². The number of hydrogen-bond acceptors (Lipinski definition) is 4. The lowest BCUT2D eigenvalue weighted by Gasteiger charge is -2.17. The number of amides is 1. The molecule has 1 aromatic rings. The van der Waals surface area contributed by atoms with Gasteiger partial charge in [-0.1, -0.05) is 0 Å². The predicted molar refractivity (Wildman–Crippen MR) is 72.2 cm³/mol. The lowest BCUT2D eigenvalue weighted by molar-refractivity contribution is -0.117. The second-order valence-electron chi connectivity index (χ2n) is 4.13. The van der Waals surface area contributed by atoms with Crippen molar-refractivity contribution >= 4 is 47.3 Å². The Labute approximate surface area is 118 Å². The lowest BCUT2D eigenvalue weighted by Crippen LogP contribution is -2.27. The maximum Gasteiger partial charge on any atom is 0.237 e. The highest BCUT2D eigenvalue weighted by molar-refractivity contribution is 9.10. The number of carbonyl (C=O) groups excluding carboxylic acids is 1. The number of aromatic nitrogens is 1. The molecule has 0 N–H and O–H groups in total. The molecule has 2 heterocycles. The van der Waals surface area contributed by atoms with Gasteiger partial charge in [0.15, 0.2) is 0 Å². The minimum absolute atomic E-state index is 0.0639. The summed E-state index contributed by atoms with van der Waals surface area (Å²) in [7, 11) is 1.57. The van der Waals surface area contributed by atoms with Gasteiger partial charge in [-0.2, -0.15) is 0 Å². The van der Waals surface area contributed by atoms with Gasteiger partial charge < -0.3 is 4.90 Å². The topological polar surface area (TPSA) is 67.3 Å². The molecule has 1 amide bonds. The van der Waals surface area contributed by atoms with E-state index in [0.717, 1.165) is 5.56 Å². The van der Waals surface area contributed by atoms with E-state index in [9.17, 15) is 13.2 Å². The highest BCUT2D eigenvalue weighted by Crippen LogP contribution is 2.31. The van der Waals surface area contributed by atoms with Crippen molar-refractivity contribution in [3.05, 3.63) is 22.4 Å². The van der Waals surface area contributed by atoms with E-state index in [0.29, 0.717) is 10.3 Å². The van der Waals surface area contributed by atoms with E-state index in [-0.39, 0.29) is 18.9 Å². The summed E-state index contributed by atoms with van der Waals surface area (Å²) in [5, 5.41) is -0.862. The number of anilines is 1. The third-order valence-corrected chi connectivity index (χ3v) is 5.21. The van der Waals surface area contributed by atoms with E-state index in [4.69, 9.17) is 10.7 Å². The van der Waals surface area contributed by atoms with Gasteiger partial charge in [0.2, 0.25) is 15.0 Å². The number of nitrogens with zero attached hydrogens (tertiary/aromatic N) is 2. The zero-order valence-electron chi connectivity index (χ0n) is 9.43. The van der Waals surface area contributed by atoms with E-state index >= 15 is 0 Å². The van der Waals surface area contributed by atoms with Crippen LogP contribution in [0.5, 0.6) is 0 Å². The molecule has 1 aliphatic rings. The molecule has 0 spiro atoms. The molecule has 18 heavy (non-hydrogen) atoms. The Morgan fingerprint density at radius 3 is 2.78 bits per heavy atom. The molecule has 1 aliphatic heterocycles. The van der Waals surface area contributed by atoms with E-state index in [1.54, 1.807) is 12.3 Å². The summed E-state index contributed by atoms with van der Waals surface area (Å²) < 4.78 is 23.0. The minimum Gasteiger partial charge on any atom is -0.308 e. The maximum atomic E-state index is 11.8. The van der Waals surface area contributed by atoms with E-state index in [1.165, 1.54) is 4.90 Å². The maximum absolute atomic E-state index is 11.8. The quantitative estimate of drug-likeness (QED) is 0.601. The third-order valence-electron chi connectivity index (χ3n) is 2.74. The Kier molecular flexibility index (Phi) is 3.66. The van der Waals surface area contributed by atoms with Crippen LogP contribution in [0.3, 0.4) is 0 Å². The Hall–Kier alpha value is -0.660. The van der Waals surface area contributed by atoms with Gasteiger partial charge in [0.1, 0.15) is 9.85 Å². The summed E-state index contributed by atoms with van der Waals surface area (Å²) in [6, 6.07) is 1.78. The molecule has 5 nitrogen and oxygen atoms in total. The van der Waals surface area contributed by atoms with Crippen molar-refractivity contribution in [2.24, 2.45) is 0 Å². The van der Waals surface area contributed by atoms with Gasteiger partial charge in [0, 0.05) is 29.8 Å². The Morgan fingerprint density at radius 2 is 2.22 bits per heavy atom. The number of pyridine rings is 1. The first-order chi connectivity index (χ1) is 8.29.